The number of halogens is 1. The van der Waals surface area contributed by atoms with E-state index in [1.165, 1.54) is 12.1 Å². The number of primary sulfonamides is 1. The van der Waals surface area contributed by atoms with Gasteiger partial charge in [0.1, 0.15) is 5.82 Å². The van der Waals surface area contributed by atoms with Crippen molar-refractivity contribution in [1.82, 2.24) is 0 Å². The average Bonchev–Trinajstić information content (AvgIpc) is 2.27. The van der Waals surface area contributed by atoms with Crippen molar-refractivity contribution in [1.29, 1.82) is 0 Å². The average molecular weight is 274 g/mol. The van der Waals surface area contributed by atoms with Crippen LogP contribution in [0.25, 0.3) is 0 Å². The van der Waals surface area contributed by atoms with Crippen molar-refractivity contribution in [2.75, 3.05) is 5.32 Å². The van der Waals surface area contributed by atoms with Gasteiger partial charge < -0.3 is 5.32 Å². The van der Waals surface area contributed by atoms with Gasteiger partial charge >= 0.3 is 0 Å². The summed E-state index contributed by atoms with van der Waals surface area (Å²) in [5.41, 5.74) is 0.297. The van der Waals surface area contributed by atoms with Crippen molar-refractivity contribution < 1.29 is 12.8 Å². The van der Waals surface area contributed by atoms with Crippen LogP contribution in [0.4, 0.5) is 10.1 Å². The lowest BCUT2D eigenvalue weighted by Crippen LogP contribution is -2.17. The van der Waals surface area contributed by atoms with Gasteiger partial charge in [-0.25, -0.2) is 17.9 Å². The third-order valence-electron chi connectivity index (χ3n) is 2.66. The van der Waals surface area contributed by atoms with Gasteiger partial charge in [-0.2, -0.15) is 0 Å². The fourth-order valence-corrected chi connectivity index (χ4v) is 2.16. The molecule has 1 aromatic carbocycles. The molecule has 102 valence electrons. The highest BCUT2D eigenvalue weighted by molar-refractivity contribution is 7.89. The minimum absolute atomic E-state index is 0.139. The maximum absolute atomic E-state index is 13.7. The number of hydrogen-bond acceptors (Lipinski definition) is 3. The van der Waals surface area contributed by atoms with Crippen molar-refractivity contribution in [2.24, 2.45) is 5.14 Å². The molecule has 1 aromatic rings. The Morgan fingerprint density at radius 2 is 2.11 bits per heavy atom. The zero-order chi connectivity index (χ0) is 13.8. The molecule has 18 heavy (non-hydrogen) atoms. The predicted octanol–water partition coefficient (Wildman–Crippen LogP) is 2.46. The lowest BCUT2D eigenvalue weighted by molar-refractivity contribution is 0.591. The first-order valence-corrected chi connectivity index (χ1v) is 7.48. The first-order valence-electron chi connectivity index (χ1n) is 5.93. The minimum atomic E-state index is -3.85. The van der Waals surface area contributed by atoms with Gasteiger partial charge in [-0.15, -0.1) is 0 Å². The van der Waals surface area contributed by atoms with Crippen LogP contribution < -0.4 is 10.5 Å². The number of unbranched alkanes of at least 4 members (excludes halogenated alkanes) is 1. The Morgan fingerprint density at radius 3 is 2.61 bits per heavy atom. The van der Waals surface area contributed by atoms with Crippen LogP contribution in [0.1, 0.15) is 33.1 Å². The molecule has 0 spiro atoms. The summed E-state index contributed by atoms with van der Waals surface area (Å²) in [6, 6.07) is 3.77. The summed E-state index contributed by atoms with van der Waals surface area (Å²) < 4.78 is 35.8. The van der Waals surface area contributed by atoms with Gasteiger partial charge in [0, 0.05) is 6.04 Å². The van der Waals surface area contributed by atoms with E-state index in [9.17, 15) is 12.8 Å². The second kappa shape index (κ2) is 6.15. The fraction of sp³-hybridized carbons (Fsp3) is 0.500. The molecule has 0 saturated carbocycles. The largest absolute Gasteiger partial charge is 0.380 e. The number of sulfonamides is 1. The molecule has 0 heterocycles. The molecular formula is C12H19FN2O2S. The standard InChI is InChI=1S/C12H19FN2O2S/c1-3-4-5-9(2)15-12-7-6-10(8-11(12)13)18(14,16)17/h6-9,15H,3-5H2,1-2H3,(H2,14,16,17). The van der Waals surface area contributed by atoms with Crippen molar-refractivity contribution in [3.05, 3.63) is 24.0 Å². The van der Waals surface area contributed by atoms with Crippen LogP contribution in [0.3, 0.4) is 0 Å². The Bertz CT molecular complexity index is 503. The van der Waals surface area contributed by atoms with Crippen LogP contribution in [-0.4, -0.2) is 14.5 Å². The summed E-state index contributed by atoms with van der Waals surface area (Å²) in [6.07, 6.45) is 3.08. The number of nitrogens with two attached hydrogens (primary N) is 1. The molecule has 4 nitrogen and oxygen atoms in total. The van der Waals surface area contributed by atoms with E-state index in [2.05, 4.69) is 12.2 Å². The Morgan fingerprint density at radius 1 is 1.44 bits per heavy atom. The van der Waals surface area contributed by atoms with Gasteiger partial charge in [-0.05, 0) is 31.5 Å². The van der Waals surface area contributed by atoms with Gasteiger partial charge in [0.2, 0.25) is 10.0 Å². The third kappa shape index (κ3) is 4.27. The molecule has 0 radical (unpaired) electrons. The molecule has 0 saturated heterocycles. The van der Waals surface area contributed by atoms with Gasteiger partial charge in [0.05, 0.1) is 10.6 Å². The molecule has 1 unspecified atom stereocenters. The summed E-state index contributed by atoms with van der Waals surface area (Å²) in [4.78, 5) is -0.216. The highest BCUT2D eigenvalue weighted by Gasteiger charge is 2.12. The van der Waals surface area contributed by atoms with E-state index in [0.29, 0.717) is 5.69 Å². The van der Waals surface area contributed by atoms with E-state index in [0.717, 1.165) is 25.3 Å². The smallest absolute Gasteiger partial charge is 0.238 e. The van der Waals surface area contributed by atoms with Gasteiger partial charge in [0.15, 0.2) is 0 Å². The van der Waals surface area contributed by atoms with Crippen molar-refractivity contribution in [2.45, 2.75) is 44.0 Å². The lowest BCUT2D eigenvalue weighted by atomic mass is 10.1. The summed E-state index contributed by atoms with van der Waals surface area (Å²) in [5.74, 6) is -0.607. The van der Waals surface area contributed by atoms with E-state index in [4.69, 9.17) is 5.14 Å². The van der Waals surface area contributed by atoms with E-state index in [1.54, 1.807) is 0 Å². The van der Waals surface area contributed by atoms with Crippen LogP contribution in [0, 0.1) is 5.82 Å². The summed E-state index contributed by atoms with van der Waals surface area (Å²) in [7, 11) is -3.85. The van der Waals surface area contributed by atoms with Crippen molar-refractivity contribution in [3.8, 4) is 0 Å². The Hall–Kier alpha value is -1.14. The maximum Gasteiger partial charge on any atom is 0.238 e. The molecule has 0 aromatic heterocycles. The minimum Gasteiger partial charge on any atom is -0.380 e. The van der Waals surface area contributed by atoms with Gasteiger partial charge in [-0.3, -0.25) is 0 Å². The molecular weight excluding hydrogens is 255 g/mol. The first-order chi connectivity index (χ1) is 8.34. The first kappa shape index (κ1) is 14.9. The van der Waals surface area contributed by atoms with Gasteiger partial charge in [0.25, 0.3) is 0 Å². The normalized spacial score (nSPS) is 13.3. The monoisotopic (exact) mass is 274 g/mol. The zero-order valence-electron chi connectivity index (χ0n) is 10.6. The zero-order valence-corrected chi connectivity index (χ0v) is 11.4. The number of nitrogens with one attached hydrogen (secondary N) is 1. The lowest BCUT2D eigenvalue weighted by Gasteiger charge is -2.15. The van der Waals surface area contributed by atoms with Crippen molar-refractivity contribution >= 4 is 15.7 Å². The quantitative estimate of drug-likeness (QED) is 0.837. The SMILES string of the molecule is CCCCC(C)Nc1ccc(S(N)(=O)=O)cc1F. The molecule has 0 aliphatic heterocycles. The molecule has 3 N–H and O–H groups in total. The molecule has 1 atom stereocenters. The van der Waals surface area contributed by atoms with Gasteiger partial charge in [-0.1, -0.05) is 19.8 Å². The Kier molecular flexibility index (Phi) is 5.10. The molecule has 0 amide bonds. The summed E-state index contributed by atoms with van der Waals surface area (Å²) in [5, 5.41) is 7.94. The van der Waals surface area contributed by atoms with E-state index >= 15 is 0 Å². The molecule has 0 aliphatic rings. The summed E-state index contributed by atoms with van der Waals surface area (Å²) in [6.45, 7) is 4.05. The molecule has 0 bridgehead atoms. The molecule has 0 aliphatic carbocycles. The highest BCUT2D eigenvalue weighted by atomic mass is 32.2. The number of anilines is 1. The van der Waals surface area contributed by atoms with Crippen LogP contribution in [0.2, 0.25) is 0 Å². The van der Waals surface area contributed by atoms with Crippen LogP contribution >= 0.6 is 0 Å². The van der Waals surface area contributed by atoms with E-state index in [-0.39, 0.29) is 10.9 Å². The van der Waals surface area contributed by atoms with E-state index < -0.39 is 15.8 Å². The van der Waals surface area contributed by atoms with Crippen LogP contribution in [0.5, 0.6) is 0 Å². The maximum atomic E-state index is 13.7. The van der Waals surface area contributed by atoms with Crippen LogP contribution in [-0.2, 0) is 10.0 Å². The number of rotatable bonds is 6. The second-order valence-corrected chi connectivity index (χ2v) is 5.94. The fourth-order valence-electron chi connectivity index (χ4n) is 1.64. The Balaban J connectivity index is 2.80. The summed E-state index contributed by atoms with van der Waals surface area (Å²) >= 11 is 0. The van der Waals surface area contributed by atoms with E-state index in [1.807, 2.05) is 6.92 Å². The van der Waals surface area contributed by atoms with Crippen molar-refractivity contribution in [3.63, 3.8) is 0 Å². The molecule has 1 rings (SSSR count). The molecule has 0 fully saturated rings. The Labute approximate surface area is 107 Å². The number of benzene rings is 1. The third-order valence-corrected chi connectivity index (χ3v) is 3.57. The highest BCUT2D eigenvalue weighted by Crippen LogP contribution is 2.19. The predicted molar refractivity (Wildman–Crippen MR) is 70.4 cm³/mol. The molecule has 6 heteroatoms. The van der Waals surface area contributed by atoms with Crippen LogP contribution in [0.15, 0.2) is 23.1 Å². The number of hydrogen-bond donors (Lipinski definition) is 2. The topological polar surface area (TPSA) is 72.2 Å². The second-order valence-electron chi connectivity index (χ2n) is 4.37.